The highest BCUT2D eigenvalue weighted by molar-refractivity contribution is 7.11. The number of Topliss-reactive ketones (excluding diaryl/α,β-unsaturated/α-hetero) is 1. The average molecular weight is 319 g/mol. The number of carbonyl (C=O) groups is 2. The predicted molar refractivity (Wildman–Crippen MR) is 87.6 cm³/mol. The van der Waals surface area contributed by atoms with Gasteiger partial charge in [0.15, 0.2) is 5.78 Å². The van der Waals surface area contributed by atoms with Crippen LogP contribution in [0, 0.1) is 13.8 Å². The second-order valence-corrected chi connectivity index (χ2v) is 6.63. The Balaban J connectivity index is 2.21. The molecule has 1 amide bonds. The van der Waals surface area contributed by atoms with E-state index in [1.54, 1.807) is 17.5 Å². The summed E-state index contributed by atoms with van der Waals surface area (Å²) >= 11 is 1.56. The second kappa shape index (κ2) is 6.87. The molecule has 0 aliphatic heterocycles. The number of thiazole rings is 1. The fourth-order valence-corrected chi connectivity index (χ4v) is 3.32. The summed E-state index contributed by atoms with van der Waals surface area (Å²) in [6.45, 7) is 7.79. The van der Waals surface area contributed by atoms with Crippen molar-refractivity contribution >= 4 is 23.0 Å². The van der Waals surface area contributed by atoms with Crippen molar-refractivity contribution in [1.29, 1.82) is 0 Å². The molecule has 2 heterocycles. The van der Waals surface area contributed by atoms with Crippen LogP contribution in [-0.4, -0.2) is 21.7 Å². The van der Waals surface area contributed by atoms with Crippen molar-refractivity contribution in [2.24, 2.45) is 0 Å². The Morgan fingerprint density at radius 2 is 2.09 bits per heavy atom. The molecule has 0 spiro atoms. The number of aryl methyl sites for hydroxylation is 2. The van der Waals surface area contributed by atoms with Crippen LogP contribution < -0.4 is 5.32 Å². The molecule has 0 fully saturated rings. The minimum Gasteiger partial charge on any atom is -0.354 e. The maximum absolute atomic E-state index is 12.4. The Hall–Kier alpha value is -1.95. The summed E-state index contributed by atoms with van der Waals surface area (Å²) < 4.78 is 0. The first kappa shape index (κ1) is 16.4. The average Bonchev–Trinajstić information content (AvgIpc) is 3.00. The van der Waals surface area contributed by atoms with Gasteiger partial charge >= 0.3 is 0 Å². The summed E-state index contributed by atoms with van der Waals surface area (Å²) in [7, 11) is 0. The summed E-state index contributed by atoms with van der Waals surface area (Å²) in [5.74, 6) is -0.181. The van der Waals surface area contributed by atoms with Crippen molar-refractivity contribution in [3.8, 4) is 0 Å². The third-order valence-corrected chi connectivity index (χ3v) is 4.38. The first-order chi connectivity index (χ1) is 10.4. The molecule has 0 aliphatic carbocycles. The van der Waals surface area contributed by atoms with Crippen LogP contribution in [0.1, 0.15) is 62.3 Å². The third kappa shape index (κ3) is 3.44. The Kier molecular flexibility index (Phi) is 5.13. The number of aromatic amines is 1. The number of ketones is 1. The molecule has 0 aromatic carbocycles. The van der Waals surface area contributed by atoms with Gasteiger partial charge in [-0.25, -0.2) is 4.98 Å². The highest BCUT2D eigenvalue weighted by Crippen LogP contribution is 2.21. The molecule has 22 heavy (non-hydrogen) atoms. The molecule has 0 unspecified atom stereocenters. The van der Waals surface area contributed by atoms with Gasteiger partial charge in [-0.05, 0) is 32.8 Å². The lowest BCUT2D eigenvalue weighted by Gasteiger charge is -2.06. The van der Waals surface area contributed by atoms with Crippen LogP contribution >= 0.6 is 11.3 Å². The lowest BCUT2D eigenvalue weighted by atomic mass is 10.0. The number of rotatable bonds is 6. The predicted octanol–water partition coefficient (Wildman–Crippen LogP) is 3.17. The highest BCUT2D eigenvalue weighted by Gasteiger charge is 2.22. The van der Waals surface area contributed by atoms with E-state index in [1.165, 1.54) is 6.92 Å². The molecule has 0 saturated heterocycles. The third-order valence-electron chi connectivity index (χ3n) is 3.46. The molecule has 2 aromatic heterocycles. The van der Waals surface area contributed by atoms with Gasteiger partial charge in [0.1, 0.15) is 5.69 Å². The van der Waals surface area contributed by atoms with Crippen molar-refractivity contribution in [2.75, 3.05) is 0 Å². The number of aromatic nitrogens is 2. The van der Waals surface area contributed by atoms with E-state index in [-0.39, 0.29) is 11.7 Å². The van der Waals surface area contributed by atoms with E-state index in [0.29, 0.717) is 24.2 Å². The fraction of sp³-hybridized carbons (Fsp3) is 0.438. The van der Waals surface area contributed by atoms with Gasteiger partial charge in [-0.15, -0.1) is 11.3 Å². The van der Waals surface area contributed by atoms with Crippen LogP contribution in [-0.2, 0) is 13.0 Å². The zero-order chi connectivity index (χ0) is 16.3. The van der Waals surface area contributed by atoms with Crippen LogP contribution in [0.2, 0.25) is 0 Å². The minimum absolute atomic E-state index is 0.00525. The molecule has 2 aromatic rings. The fourth-order valence-electron chi connectivity index (χ4n) is 2.59. The molecular weight excluding hydrogens is 298 g/mol. The van der Waals surface area contributed by atoms with E-state index < -0.39 is 0 Å². The van der Waals surface area contributed by atoms with Crippen LogP contribution in [0.3, 0.4) is 0 Å². The quantitative estimate of drug-likeness (QED) is 0.803. The maximum Gasteiger partial charge on any atom is 0.268 e. The summed E-state index contributed by atoms with van der Waals surface area (Å²) in [6.07, 6.45) is 3.36. The Bertz CT molecular complexity index is 700. The van der Waals surface area contributed by atoms with E-state index in [1.807, 2.05) is 20.8 Å². The molecule has 5 nitrogen and oxygen atoms in total. The molecule has 0 bridgehead atoms. The monoisotopic (exact) mass is 319 g/mol. The van der Waals surface area contributed by atoms with E-state index in [4.69, 9.17) is 0 Å². The largest absolute Gasteiger partial charge is 0.354 e. The number of carbonyl (C=O) groups excluding carboxylic acids is 2. The topological polar surface area (TPSA) is 74.8 Å². The summed E-state index contributed by atoms with van der Waals surface area (Å²) in [6, 6.07) is 0. The van der Waals surface area contributed by atoms with Gasteiger partial charge in [-0.2, -0.15) is 0 Å². The standard InChI is InChI=1S/C16H21N3O2S/c1-5-6-13-14(10(3)20)9(2)19-15(13)16(21)18-8-12-7-17-11(4)22-12/h7,19H,5-6,8H2,1-4H3,(H,18,21). The molecule has 2 N–H and O–H groups in total. The van der Waals surface area contributed by atoms with Crippen molar-refractivity contribution in [1.82, 2.24) is 15.3 Å². The smallest absolute Gasteiger partial charge is 0.268 e. The van der Waals surface area contributed by atoms with Crippen LogP contribution in [0.15, 0.2) is 6.20 Å². The zero-order valence-electron chi connectivity index (χ0n) is 13.4. The lowest BCUT2D eigenvalue weighted by Crippen LogP contribution is -2.24. The maximum atomic E-state index is 12.4. The van der Waals surface area contributed by atoms with E-state index in [9.17, 15) is 9.59 Å². The summed E-state index contributed by atoms with van der Waals surface area (Å²) in [4.78, 5) is 32.5. The van der Waals surface area contributed by atoms with E-state index in [0.717, 1.165) is 27.6 Å². The van der Waals surface area contributed by atoms with Gasteiger partial charge in [0.2, 0.25) is 0 Å². The van der Waals surface area contributed by atoms with Crippen LogP contribution in [0.25, 0.3) is 0 Å². The SMILES string of the molecule is CCCc1c(C(=O)NCc2cnc(C)s2)[nH]c(C)c1C(C)=O. The zero-order valence-corrected chi connectivity index (χ0v) is 14.2. The van der Waals surface area contributed by atoms with Gasteiger partial charge in [-0.1, -0.05) is 13.3 Å². The highest BCUT2D eigenvalue weighted by atomic mass is 32.1. The normalized spacial score (nSPS) is 10.7. The molecule has 0 aliphatic rings. The van der Waals surface area contributed by atoms with Gasteiger partial charge < -0.3 is 10.3 Å². The van der Waals surface area contributed by atoms with Crippen LogP contribution in [0.4, 0.5) is 0 Å². The number of nitrogens with one attached hydrogen (secondary N) is 2. The summed E-state index contributed by atoms with van der Waals surface area (Å²) in [5.41, 5.74) is 2.74. The van der Waals surface area contributed by atoms with Crippen molar-refractivity contribution in [3.63, 3.8) is 0 Å². The van der Waals surface area contributed by atoms with Gasteiger partial charge in [0.05, 0.1) is 11.6 Å². The molecule has 0 atom stereocenters. The van der Waals surface area contributed by atoms with Gasteiger partial charge in [-0.3, -0.25) is 9.59 Å². The van der Waals surface area contributed by atoms with Crippen molar-refractivity contribution < 1.29 is 9.59 Å². The van der Waals surface area contributed by atoms with Crippen molar-refractivity contribution in [3.05, 3.63) is 38.6 Å². The Morgan fingerprint density at radius 1 is 1.36 bits per heavy atom. The van der Waals surface area contributed by atoms with Crippen LogP contribution in [0.5, 0.6) is 0 Å². The van der Waals surface area contributed by atoms with E-state index in [2.05, 4.69) is 15.3 Å². The molecule has 0 radical (unpaired) electrons. The Labute approximate surface area is 134 Å². The Morgan fingerprint density at radius 3 is 2.64 bits per heavy atom. The first-order valence-electron chi connectivity index (χ1n) is 7.35. The molecule has 0 saturated carbocycles. The minimum atomic E-state index is -0.176. The van der Waals surface area contributed by atoms with E-state index >= 15 is 0 Å². The number of nitrogens with zero attached hydrogens (tertiary/aromatic N) is 1. The molecule has 2 rings (SSSR count). The summed E-state index contributed by atoms with van der Waals surface area (Å²) in [5, 5.41) is 3.87. The molecule has 6 heteroatoms. The number of amides is 1. The second-order valence-electron chi connectivity index (χ2n) is 5.31. The number of hydrogen-bond acceptors (Lipinski definition) is 4. The number of H-pyrrole nitrogens is 1. The number of hydrogen-bond donors (Lipinski definition) is 2. The molecular formula is C16H21N3O2S. The van der Waals surface area contributed by atoms with Crippen molar-refractivity contribution in [2.45, 2.75) is 47.1 Å². The van der Waals surface area contributed by atoms with Gasteiger partial charge in [0.25, 0.3) is 5.91 Å². The lowest BCUT2D eigenvalue weighted by molar-refractivity contribution is 0.0945. The van der Waals surface area contributed by atoms with Gasteiger partial charge in [0, 0.05) is 22.3 Å². The molecule has 118 valence electrons. The first-order valence-corrected chi connectivity index (χ1v) is 8.17.